The lowest BCUT2D eigenvalue weighted by molar-refractivity contribution is 0.447. The fourth-order valence-corrected chi connectivity index (χ4v) is 4.20. The average molecular weight is 425 g/mol. The van der Waals surface area contributed by atoms with Crippen LogP contribution in [-0.4, -0.2) is 5.11 Å². The topological polar surface area (TPSA) is 20.2 Å². The Bertz CT molecular complexity index is 956. The van der Waals surface area contributed by atoms with Crippen molar-refractivity contribution in [1.82, 2.24) is 0 Å². The van der Waals surface area contributed by atoms with Crippen LogP contribution in [0.2, 0.25) is 0 Å². The van der Waals surface area contributed by atoms with E-state index < -0.39 is 0 Å². The number of benzene rings is 3. The van der Waals surface area contributed by atoms with Crippen LogP contribution in [-0.2, 0) is 6.42 Å². The summed E-state index contributed by atoms with van der Waals surface area (Å²) in [7, 11) is 0. The molecule has 0 aliphatic carbocycles. The maximum atomic E-state index is 10.3. The van der Waals surface area contributed by atoms with Gasteiger partial charge in [-0.1, -0.05) is 123 Å². The summed E-state index contributed by atoms with van der Waals surface area (Å²) < 4.78 is 0. The third kappa shape index (κ3) is 8.23. The van der Waals surface area contributed by atoms with Gasteiger partial charge in [-0.15, -0.1) is 0 Å². The molecule has 0 radical (unpaired) electrons. The number of para-hydroxylation sites is 1. The maximum absolute atomic E-state index is 10.3. The van der Waals surface area contributed by atoms with Gasteiger partial charge < -0.3 is 5.11 Å². The molecule has 1 nitrogen and oxygen atoms in total. The van der Waals surface area contributed by atoms with Crippen molar-refractivity contribution < 1.29 is 5.11 Å². The Hall–Kier alpha value is -3.06. The number of rotatable bonds is 12. The zero-order valence-corrected chi connectivity index (χ0v) is 19.2. The van der Waals surface area contributed by atoms with Crippen LogP contribution in [0.25, 0.3) is 12.2 Å². The van der Waals surface area contributed by atoms with Crippen LogP contribution >= 0.6 is 0 Å². The third-order valence-electron chi connectivity index (χ3n) is 6.00. The Labute approximate surface area is 194 Å². The van der Waals surface area contributed by atoms with Crippen molar-refractivity contribution in [2.45, 2.75) is 45.4 Å². The molecule has 1 heteroatoms. The molecule has 0 aromatic heterocycles. The van der Waals surface area contributed by atoms with E-state index in [-0.39, 0.29) is 0 Å². The first kappa shape index (κ1) is 23.6. The monoisotopic (exact) mass is 424 g/mol. The summed E-state index contributed by atoms with van der Waals surface area (Å²) in [5.41, 5.74) is 3.53. The van der Waals surface area contributed by atoms with E-state index in [1.54, 1.807) is 6.07 Å². The second-order valence-electron chi connectivity index (χ2n) is 8.61. The van der Waals surface area contributed by atoms with Crippen LogP contribution in [0.5, 0.6) is 5.75 Å². The van der Waals surface area contributed by atoms with E-state index in [2.05, 4.69) is 85.8 Å². The number of hydrogen-bond donors (Lipinski definition) is 1. The van der Waals surface area contributed by atoms with Gasteiger partial charge in [0.1, 0.15) is 5.75 Å². The van der Waals surface area contributed by atoms with Crippen LogP contribution in [0.3, 0.4) is 0 Å². The Morgan fingerprint density at radius 3 is 1.78 bits per heavy atom. The lowest BCUT2D eigenvalue weighted by atomic mass is 9.89. The second-order valence-corrected chi connectivity index (χ2v) is 8.61. The minimum Gasteiger partial charge on any atom is -0.508 e. The van der Waals surface area contributed by atoms with Gasteiger partial charge in [0.15, 0.2) is 0 Å². The smallest absolute Gasteiger partial charge is 0.118 e. The minimum atomic E-state index is 0.403. The van der Waals surface area contributed by atoms with E-state index in [4.69, 9.17) is 0 Å². The van der Waals surface area contributed by atoms with Gasteiger partial charge in [-0.2, -0.15) is 0 Å². The summed E-state index contributed by atoms with van der Waals surface area (Å²) in [6.07, 6.45) is 16.0. The first-order valence-electron chi connectivity index (χ1n) is 12.0. The first-order valence-corrected chi connectivity index (χ1v) is 12.0. The first-order chi connectivity index (χ1) is 15.7. The van der Waals surface area contributed by atoms with Gasteiger partial charge in [-0.3, -0.25) is 0 Å². The second kappa shape index (κ2) is 13.4. The van der Waals surface area contributed by atoms with Crippen molar-refractivity contribution in [1.29, 1.82) is 0 Å². The van der Waals surface area contributed by atoms with Crippen LogP contribution < -0.4 is 0 Å². The van der Waals surface area contributed by atoms with E-state index in [1.807, 2.05) is 24.3 Å². The highest BCUT2D eigenvalue weighted by atomic mass is 16.3. The molecule has 0 fully saturated rings. The summed E-state index contributed by atoms with van der Waals surface area (Å²) in [5, 5.41) is 10.3. The Balaban J connectivity index is 1.63. The zero-order valence-electron chi connectivity index (χ0n) is 19.2. The highest BCUT2D eigenvalue weighted by Gasteiger charge is 2.11. The lowest BCUT2D eigenvalue weighted by Crippen LogP contribution is -2.04. The molecule has 0 aliphatic rings. The third-order valence-corrected chi connectivity index (χ3v) is 6.00. The highest BCUT2D eigenvalue weighted by molar-refractivity contribution is 5.50. The Kier molecular flexibility index (Phi) is 9.86. The molecular formula is C31H36O. The largest absolute Gasteiger partial charge is 0.508 e. The van der Waals surface area contributed by atoms with Crippen LogP contribution in [0.1, 0.15) is 55.7 Å². The van der Waals surface area contributed by atoms with Crippen molar-refractivity contribution in [3.8, 4) is 5.75 Å². The molecule has 1 N–H and O–H groups in total. The van der Waals surface area contributed by atoms with Gasteiger partial charge in [0.2, 0.25) is 0 Å². The van der Waals surface area contributed by atoms with Gasteiger partial charge >= 0.3 is 0 Å². The molecule has 32 heavy (non-hydrogen) atoms. The molecule has 3 aromatic carbocycles. The number of hydrogen-bond acceptors (Lipinski definition) is 1. The molecular weight excluding hydrogens is 388 g/mol. The molecule has 0 spiro atoms. The maximum Gasteiger partial charge on any atom is 0.118 e. The summed E-state index contributed by atoms with van der Waals surface area (Å²) in [4.78, 5) is 0. The standard InChI is InChI=1S/C31H36O/c1-2-12-26(21-22-27-13-5-3-6-14-27)17-11-18-29(24-23-28-15-7-4-8-16-28)25-30-19-9-10-20-31(30)32/h3-10,13-16,19-24,26,29,32H,2,11-12,17-18,25H2,1H3/b22-21+,24-23+. The summed E-state index contributed by atoms with van der Waals surface area (Å²) >= 11 is 0. The summed E-state index contributed by atoms with van der Waals surface area (Å²) in [5.74, 6) is 1.42. The van der Waals surface area contributed by atoms with E-state index in [9.17, 15) is 5.11 Å². The molecule has 2 unspecified atom stereocenters. The molecule has 0 bridgehead atoms. The number of allylic oxidation sites excluding steroid dienone is 2. The van der Waals surface area contributed by atoms with Crippen molar-refractivity contribution in [2.75, 3.05) is 0 Å². The number of phenolic OH excluding ortho intramolecular Hbond substituents is 1. The SMILES string of the molecule is CCCC(/C=C/c1ccccc1)CCCC(/C=C/c1ccccc1)Cc1ccccc1O. The van der Waals surface area contributed by atoms with Gasteiger partial charge in [0.25, 0.3) is 0 Å². The molecule has 3 rings (SSSR count). The highest BCUT2D eigenvalue weighted by Crippen LogP contribution is 2.26. The van der Waals surface area contributed by atoms with Crippen molar-refractivity contribution in [3.05, 3.63) is 114 Å². The van der Waals surface area contributed by atoms with Gasteiger partial charge in [-0.25, -0.2) is 0 Å². The molecule has 0 heterocycles. The number of aromatic hydroxyl groups is 1. The van der Waals surface area contributed by atoms with Crippen LogP contribution in [0.4, 0.5) is 0 Å². The number of phenols is 1. The van der Waals surface area contributed by atoms with E-state index in [1.165, 1.54) is 36.8 Å². The van der Waals surface area contributed by atoms with Gasteiger partial charge in [-0.05, 0) is 60.3 Å². The normalized spacial score (nSPS) is 13.5. The van der Waals surface area contributed by atoms with Crippen molar-refractivity contribution >= 4 is 12.2 Å². The summed E-state index contributed by atoms with van der Waals surface area (Å²) in [6.45, 7) is 2.27. The predicted molar refractivity (Wildman–Crippen MR) is 139 cm³/mol. The molecule has 166 valence electrons. The molecule has 0 saturated heterocycles. The Morgan fingerprint density at radius 1 is 0.656 bits per heavy atom. The van der Waals surface area contributed by atoms with Gasteiger partial charge in [0.05, 0.1) is 0 Å². The molecule has 0 aliphatic heterocycles. The van der Waals surface area contributed by atoms with Gasteiger partial charge in [0, 0.05) is 0 Å². The predicted octanol–water partition coefficient (Wildman–Crippen LogP) is 8.56. The van der Waals surface area contributed by atoms with E-state index >= 15 is 0 Å². The quantitative estimate of drug-likeness (QED) is 0.309. The van der Waals surface area contributed by atoms with Crippen LogP contribution in [0, 0.1) is 11.8 Å². The van der Waals surface area contributed by atoms with E-state index in [0.29, 0.717) is 17.6 Å². The molecule has 2 atom stereocenters. The van der Waals surface area contributed by atoms with Crippen molar-refractivity contribution in [3.63, 3.8) is 0 Å². The average Bonchev–Trinajstić information content (AvgIpc) is 2.83. The molecule has 3 aromatic rings. The minimum absolute atomic E-state index is 0.403. The lowest BCUT2D eigenvalue weighted by Gasteiger charge is -2.17. The van der Waals surface area contributed by atoms with Crippen LogP contribution in [0.15, 0.2) is 97.1 Å². The zero-order chi connectivity index (χ0) is 22.4. The Morgan fingerprint density at radius 2 is 1.19 bits per heavy atom. The molecule has 0 amide bonds. The summed E-state index contributed by atoms with van der Waals surface area (Å²) in [6, 6.07) is 28.8. The fraction of sp³-hybridized carbons (Fsp3) is 0.290. The van der Waals surface area contributed by atoms with E-state index in [0.717, 1.165) is 18.4 Å². The molecule has 0 saturated carbocycles. The van der Waals surface area contributed by atoms with Crippen molar-refractivity contribution in [2.24, 2.45) is 11.8 Å². The fourth-order valence-electron chi connectivity index (χ4n) is 4.20.